The second-order valence-electron chi connectivity index (χ2n) is 9.51. The maximum atomic E-state index is 13.1. The van der Waals surface area contributed by atoms with Crippen molar-refractivity contribution in [1.82, 2.24) is 24.0 Å². The van der Waals surface area contributed by atoms with Gasteiger partial charge in [-0.25, -0.2) is 14.8 Å². The van der Waals surface area contributed by atoms with E-state index >= 15 is 0 Å². The molecule has 1 unspecified atom stereocenters. The number of fused-ring (bicyclic) bond motifs is 1. The van der Waals surface area contributed by atoms with Gasteiger partial charge in [0.05, 0.1) is 5.75 Å². The summed E-state index contributed by atoms with van der Waals surface area (Å²) in [4.78, 5) is 47.9. The number of carbonyl (C=O) groups excluding carboxylic acids is 1. The van der Waals surface area contributed by atoms with Crippen LogP contribution in [0.15, 0.2) is 14.6 Å². The molecule has 12 heteroatoms. The van der Waals surface area contributed by atoms with Gasteiger partial charge in [0.1, 0.15) is 22.8 Å². The average Bonchev–Trinajstić information content (AvgIpc) is 3.55. The van der Waals surface area contributed by atoms with Crippen molar-refractivity contribution in [1.29, 1.82) is 0 Å². The second-order valence-corrected chi connectivity index (χ2v) is 10.5. The Hall–Kier alpha value is -2.37. The monoisotopic (exact) mass is 487 g/mol. The fraction of sp³-hybridized carbons (Fsp3) is 0.667. The van der Waals surface area contributed by atoms with Crippen molar-refractivity contribution in [2.24, 2.45) is 20.0 Å². The van der Waals surface area contributed by atoms with Gasteiger partial charge >= 0.3 is 11.9 Å². The van der Waals surface area contributed by atoms with Gasteiger partial charge < -0.3 is 4.90 Å². The van der Waals surface area contributed by atoms with E-state index < -0.39 is 41.3 Å². The van der Waals surface area contributed by atoms with Crippen LogP contribution in [0, 0.1) is 5.92 Å². The van der Waals surface area contributed by atoms with Crippen LogP contribution >= 0.6 is 11.8 Å². The summed E-state index contributed by atoms with van der Waals surface area (Å²) in [6, 6.07) is -0.527. The molecule has 0 spiro atoms. The van der Waals surface area contributed by atoms with Crippen molar-refractivity contribution in [3.05, 3.63) is 26.7 Å². The standard InChI is InChI=1S/C21H28F3N5O3S/c1-11(12-7-8-12)29(10-21(22,23)24)13(30)9-33-16-14-15(25-18(26-16)20(2,3)4)27(5)19(32)28(6)17(14)31/h11-12H,7-10H2,1-6H3. The zero-order valence-corrected chi connectivity index (χ0v) is 20.3. The lowest BCUT2D eigenvalue weighted by Crippen LogP contribution is -2.46. The number of hydrogen-bond acceptors (Lipinski definition) is 6. The Kier molecular flexibility index (Phi) is 6.71. The van der Waals surface area contributed by atoms with Crippen molar-refractivity contribution in [2.75, 3.05) is 12.3 Å². The van der Waals surface area contributed by atoms with Crippen LogP contribution in [0.25, 0.3) is 11.0 Å². The van der Waals surface area contributed by atoms with E-state index in [1.807, 2.05) is 20.8 Å². The normalized spacial score (nSPS) is 15.7. The molecule has 0 saturated heterocycles. The minimum atomic E-state index is -4.52. The van der Waals surface area contributed by atoms with Gasteiger partial charge in [0.25, 0.3) is 5.56 Å². The molecule has 1 aliphatic carbocycles. The van der Waals surface area contributed by atoms with Crippen LogP contribution in [0.1, 0.15) is 46.4 Å². The molecule has 1 saturated carbocycles. The Morgan fingerprint density at radius 1 is 1.15 bits per heavy atom. The van der Waals surface area contributed by atoms with E-state index in [0.717, 1.165) is 34.1 Å². The molecule has 1 aliphatic rings. The molecule has 1 atom stereocenters. The third kappa shape index (κ3) is 5.42. The number of nitrogens with zero attached hydrogens (tertiary/aromatic N) is 5. The Morgan fingerprint density at radius 3 is 2.27 bits per heavy atom. The van der Waals surface area contributed by atoms with Crippen LogP contribution in [-0.4, -0.2) is 54.4 Å². The largest absolute Gasteiger partial charge is 0.406 e. The molecule has 182 valence electrons. The first-order valence-corrected chi connectivity index (χ1v) is 11.6. The number of rotatable bonds is 6. The number of carbonyl (C=O) groups is 1. The quantitative estimate of drug-likeness (QED) is 0.460. The Morgan fingerprint density at radius 2 is 1.76 bits per heavy atom. The number of aryl methyl sites for hydroxylation is 1. The third-order valence-corrected chi connectivity index (χ3v) is 6.70. The first kappa shape index (κ1) is 25.3. The topological polar surface area (TPSA) is 90.1 Å². The van der Waals surface area contributed by atoms with Gasteiger partial charge in [0.15, 0.2) is 5.65 Å². The van der Waals surface area contributed by atoms with Crippen molar-refractivity contribution in [3.8, 4) is 0 Å². The summed E-state index contributed by atoms with van der Waals surface area (Å²) in [6.45, 7) is 5.88. The van der Waals surface area contributed by atoms with Gasteiger partial charge in [-0.15, -0.1) is 0 Å². The summed E-state index contributed by atoms with van der Waals surface area (Å²) in [6.07, 6.45) is -2.92. The van der Waals surface area contributed by atoms with Crippen LogP contribution < -0.4 is 11.2 Å². The minimum Gasteiger partial charge on any atom is -0.330 e. The van der Waals surface area contributed by atoms with Gasteiger partial charge in [0.2, 0.25) is 5.91 Å². The van der Waals surface area contributed by atoms with Crippen molar-refractivity contribution in [3.63, 3.8) is 0 Å². The molecule has 3 rings (SSSR count). The minimum absolute atomic E-state index is 0.0583. The van der Waals surface area contributed by atoms with Gasteiger partial charge in [-0.2, -0.15) is 13.2 Å². The van der Waals surface area contributed by atoms with Crippen molar-refractivity contribution >= 4 is 28.7 Å². The second kappa shape index (κ2) is 8.77. The number of hydrogen-bond donors (Lipinski definition) is 0. The van der Waals surface area contributed by atoms with Crippen molar-refractivity contribution < 1.29 is 18.0 Å². The lowest BCUT2D eigenvalue weighted by molar-refractivity contribution is -0.164. The lowest BCUT2D eigenvalue weighted by atomic mass is 9.96. The molecule has 8 nitrogen and oxygen atoms in total. The van der Waals surface area contributed by atoms with Crippen molar-refractivity contribution in [2.45, 2.75) is 63.2 Å². The molecule has 1 amide bonds. The average molecular weight is 488 g/mol. The Balaban J connectivity index is 2.03. The van der Waals surface area contributed by atoms with E-state index in [1.165, 1.54) is 18.7 Å². The molecular weight excluding hydrogens is 459 g/mol. The molecule has 2 aromatic rings. The summed E-state index contributed by atoms with van der Waals surface area (Å²) in [5, 5.41) is 0.225. The predicted octanol–water partition coefficient (Wildman–Crippen LogP) is 2.61. The summed E-state index contributed by atoms with van der Waals surface area (Å²) in [5.74, 6) is -0.584. The van der Waals surface area contributed by atoms with E-state index in [4.69, 9.17) is 0 Å². The van der Waals surface area contributed by atoms with E-state index in [9.17, 15) is 27.6 Å². The van der Waals surface area contributed by atoms with Crippen LogP contribution in [0.4, 0.5) is 13.2 Å². The highest BCUT2D eigenvalue weighted by Gasteiger charge is 2.40. The highest BCUT2D eigenvalue weighted by atomic mass is 32.2. The van der Waals surface area contributed by atoms with Gasteiger partial charge in [-0.1, -0.05) is 32.5 Å². The van der Waals surface area contributed by atoms with E-state index in [2.05, 4.69) is 9.97 Å². The van der Waals surface area contributed by atoms with Crippen LogP contribution in [0.5, 0.6) is 0 Å². The molecule has 33 heavy (non-hydrogen) atoms. The summed E-state index contributed by atoms with van der Waals surface area (Å²) in [7, 11) is 2.80. The van der Waals surface area contributed by atoms with Gasteiger partial charge in [0, 0.05) is 25.6 Å². The Labute approximate surface area is 193 Å². The fourth-order valence-corrected chi connectivity index (χ4v) is 4.47. The Bertz CT molecular complexity index is 1200. The molecule has 0 N–H and O–H groups in total. The number of thioether (sulfide) groups is 1. The SMILES string of the molecule is CC(C1CC1)N(CC(F)(F)F)C(=O)CSc1nc(C(C)(C)C)nc2c1c(=O)n(C)c(=O)n2C. The molecule has 0 radical (unpaired) electrons. The summed E-state index contributed by atoms with van der Waals surface area (Å²) >= 11 is 0.891. The van der Waals surface area contributed by atoms with E-state index in [-0.39, 0.29) is 27.7 Å². The summed E-state index contributed by atoms with van der Waals surface area (Å²) < 4.78 is 41.6. The van der Waals surface area contributed by atoms with Gasteiger partial charge in [-0.3, -0.25) is 18.7 Å². The summed E-state index contributed by atoms with van der Waals surface area (Å²) in [5.41, 5.74) is -1.60. The zero-order chi connectivity index (χ0) is 24.9. The molecule has 1 fully saturated rings. The van der Waals surface area contributed by atoms with Gasteiger partial charge in [-0.05, 0) is 25.7 Å². The molecule has 0 aromatic carbocycles. The third-order valence-electron chi connectivity index (χ3n) is 5.74. The van der Waals surface area contributed by atoms with Crippen LogP contribution in [0.3, 0.4) is 0 Å². The van der Waals surface area contributed by atoms with E-state index in [0.29, 0.717) is 5.82 Å². The van der Waals surface area contributed by atoms with Crippen LogP contribution in [0.2, 0.25) is 0 Å². The number of amides is 1. The maximum absolute atomic E-state index is 13.1. The number of alkyl halides is 3. The number of halogens is 3. The number of aromatic nitrogens is 4. The fourth-order valence-electron chi connectivity index (χ4n) is 3.57. The first-order valence-electron chi connectivity index (χ1n) is 10.6. The zero-order valence-electron chi connectivity index (χ0n) is 19.5. The molecule has 0 aliphatic heterocycles. The highest BCUT2D eigenvalue weighted by molar-refractivity contribution is 8.00. The first-order chi connectivity index (χ1) is 15.1. The highest BCUT2D eigenvalue weighted by Crippen LogP contribution is 2.37. The molecule has 0 bridgehead atoms. The smallest absolute Gasteiger partial charge is 0.330 e. The maximum Gasteiger partial charge on any atom is 0.406 e. The molecule has 2 aromatic heterocycles. The molecule has 2 heterocycles. The molecular formula is C21H28F3N5O3S. The predicted molar refractivity (Wildman–Crippen MR) is 119 cm³/mol. The van der Waals surface area contributed by atoms with Crippen LogP contribution in [-0.2, 0) is 24.3 Å². The van der Waals surface area contributed by atoms with E-state index in [1.54, 1.807) is 6.92 Å². The lowest BCUT2D eigenvalue weighted by Gasteiger charge is -2.30.